The van der Waals surface area contributed by atoms with Gasteiger partial charge in [-0.25, -0.2) is 0 Å². The zero-order valence-electron chi connectivity index (χ0n) is 9.00. The van der Waals surface area contributed by atoms with Gasteiger partial charge in [0.25, 0.3) is 0 Å². The molecule has 1 aromatic rings. The highest BCUT2D eigenvalue weighted by Gasteiger charge is 1.96. The van der Waals surface area contributed by atoms with E-state index in [1.165, 1.54) is 0 Å². The Morgan fingerprint density at radius 2 is 2.00 bits per heavy atom. The molecule has 0 saturated carbocycles. The van der Waals surface area contributed by atoms with Crippen LogP contribution in [0.15, 0.2) is 24.3 Å². The zero-order valence-corrected chi connectivity index (χ0v) is 9.00. The van der Waals surface area contributed by atoms with Gasteiger partial charge < -0.3 is 4.74 Å². The summed E-state index contributed by atoms with van der Waals surface area (Å²) in [6, 6.07) is 7.83. The van der Waals surface area contributed by atoms with Crippen LogP contribution in [0.25, 0.3) is 0 Å². The third kappa shape index (κ3) is 3.14. The molecule has 0 amide bonds. The van der Waals surface area contributed by atoms with Crippen LogP contribution in [-0.4, -0.2) is 7.11 Å². The number of benzene rings is 1. The molecular weight excluding hydrogens is 172 g/mol. The SMILES string of the molecule is COc1ccccc1C#CCC(C)C. The maximum atomic E-state index is 5.20. The van der Waals surface area contributed by atoms with Gasteiger partial charge in [0.1, 0.15) is 5.75 Å². The third-order valence-corrected chi connectivity index (χ3v) is 1.84. The molecule has 0 atom stereocenters. The molecule has 0 aromatic heterocycles. The number of rotatable bonds is 2. The summed E-state index contributed by atoms with van der Waals surface area (Å²) >= 11 is 0. The van der Waals surface area contributed by atoms with Crippen LogP contribution in [0.1, 0.15) is 25.8 Å². The second kappa shape index (κ2) is 5.34. The maximum Gasteiger partial charge on any atom is 0.134 e. The molecule has 1 nitrogen and oxygen atoms in total. The third-order valence-electron chi connectivity index (χ3n) is 1.84. The van der Waals surface area contributed by atoms with E-state index in [4.69, 9.17) is 4.74 Å². The lowest BCUT2D eigenvalue weighted by Gasteiger charge is -2.01. The highest BCUT2D eigenvalue weighted by Crippen LogP contribution is 2.15. The quantitative estimate of drug-likeness (QED) is 0.648. The van der Waals surface area contributed by atoms with E-state index in [9.17, 15) is 0 Å². The van der Waals surface area contributed by atoms with Crippen LogP contribution in [0.3, 0.4) is 0 Å². The van der Waals surface area contributed by atoms with Gasteiger partial charge >= 0.3 is 0 Å². The van der Waals surface area contributed by atoms with Crippen molar-refractivity contribution in [2.45, 2.75) is 20.3 Å². The van der Waals surface area contributed by atoms with Crippen molar-refractivity contribution >= 4 is 0 Å². The van der Waals surface area contributed by atoms with Crippen molar-refractivity contribution in [1.82, 2.24) is 0 Å². The van der Waals surface area contributed by atoms with E-state index < -0.39 is 0 Å². The van der Waals surface area contributed by atoms with Crippen molar-refractivity contribution in [1.29, 1.82) is 0 Å². The molecule has 0 spiro atoms. The number of methoxy groups -OCH3 is 1. The Bertz CT molecular complexity index is 342. The van der Waals surface area contributed by atoms with Crippen molar-refractivity contribution in [2.24, 2.45) is 5.92 Å². The van der Waals surface area contributed by atoms with Crippen LogP contribution in [0.4, 0.5) is 0 Å². The second-order valence-corrected chi connectivity index (χ2v) is 3.60. The van der Waals surface area contributed by atoms with E-state index in [-0.39, 0.29) is 0 Å². The minimum absolute atomic E-state index is 0.622. The summed E-state index contributed by atoms with van der Waals surface area (Å²) in [6.07, 6.45) is 0.929. The van der Waals surface area contributed by atoms with Gasteiger partial charge in [-0.05, 0) is 18.1 Å². The van der Waals surface area contributed by atoms with Crippen LogP contribution in [-0.2, 0) is 0 Å². The Hall–Kier alpha value is -1.42. The Balaban J connectivity index is 2.78. The number of hydrogen-bond donors (Lipinski definition) is 0. The second-order valence-electron chi connectivity index (χ2n) is 3.60. The smallest absolute Gasteiger partial charge is 0.134 e. The van der Waals surface area contributed by atoms with E-state index in [0.717, 1.165) is 17.7 Å². The fraction of sp³-hybridized carbons (Fsp3) is 0.385. The molecule has 1 rings (SSSR count). The van der Waals surface area contributed by atoms with Crippen molar-refractivity contribution in [3.63, 3.8) is 0 Å². The zero-order chi connectivity index (χ0) is 10.4. The first-order valence-corrected chi connectivity index (χ1v) is 4.86. The normalized spacial score (nSPS) is 9.43. The summed E-state index contributed by atoms with van der Waals surface area (Å²) in [7, 11) is 1.67. The van der Waals surface area contributed by atoms with E-state index >= 15 is 0 Å². The molecule has 0 aliphatic carbocycles. The Morgan fingerprint density at radius 3 is 2.64 bits per heavy atom. The van der Waals surface area contributed by atoms with Gasteiger partial charge in [-0.3, -0.25) is 0 Å². The molecule has 0 fully saturated rings. The molecule has 0 heterocycles. The molecule has 0 aliphatic rings. The average molecular weight is 188 g/mol. The first-order chi connectivity index (χ1) is 6.74. The van der Waals surface area contributed by atoms with Gasteiger partial charge in [-0.2, -0.15) is 0 Å². The predicted octanol–water partition coefficient (Wildman–Crippen LogP) is 3.09. The Labute approximate surface area is 86.1 Å². The van der Waals surface area contributed by atoms with Gasteiger partial charge in [0.05, 0.1) is 12.7 Å². The van der Waals surface area contributed by atoms with Crippen LogP contribution >= 0.6 is 0 Å². The minimum atomic E-state index is 0.622. The molecule has 0 radical (unpaired) electrons. The number of ether oxygens (including phenoxy) is 1. The van der Waals surface area contributed by atoms with E-state index in [2.05, 4.69) is 25.7 Å². The first-order valence-electron chi connectivity index (χ1n) is 4.86. The summed E-state index contributed by atoms with van der Waals surface area (Å²) in [5.74, 6) is 7.74. The van der Waals surface area contributed by atoms with Crippen LogP contribution in [0.2, 0.25) is 0 Å². The molecule has 14 heavy (non-hydrogen) atoms. The molecule has 0 N–H and O–H groups in total. The lowest BCUT2D eigenvalue weighted by Crippen LogP contribution is -1.87. The summed E-state index contributed by atoms with van der Waals surface area (Å²) in [6.45, 7) is 4.33. The van der Waals surface area contributed by atoms with Crippen LogP contribution in [0.5, 0.6) is 5.75 Å². The van der Waals surface area contributed by atoms with Crippen LogP contribution in [0, 0.1) is 17.8 Å². The maximum absolute atomic E-state index is 5.20. The van der Waals surface area contributed by atoms with E-state index in [1.807, 2.05) is 24.3 Å². The summed E-state index contributed by atoms with van der Waals surface area (Å²) in [5.41, 5.74) is 0.968. The molecule has 0 bridgehead atoms. The molecule has 0 aliphatic heterocycles. The van der Waals surface area contributed by atoms with Crippen molar-refractivity contribution < 1.29 is 4.74 Å². The van der Waals surface area contributed by atoms with Gasteiger partial charge in [0, 0.05) is 6.42 Å². The molecule has 0 saturated heterocycles. The van der Waals surface area contributed by atoms with Crippen LogP contribution < -0.4 is 4.74 Å². The fourth-order valence-electron chi connectivity index (χ4n) is 1.10. The van der Waals surface area contributed by atoms with Crippen molar-refractivity contribution in [3.05, 3.63) is 29.8 Å². The molecule has 74 valence electrons. The Morgan fingerprint density at radius 1 is 1.29 bits per heavy atom. The average Bonchev–Trinajstić information content (AvgIpc) is 2.18. The molecule has 1 aromatic carbocycles. The highest BCUT2D eigenvalue weighted by molar-refractivity contribution is 5.45. The largest absolute Gasteiger partial charge is 0.495 e. The first kappa shape index (κ1) is 10.7. The molecule has 1 heteroatoms. The van der Waals surface area contributed by atoms with Gasteiger partial charge in [-0.15, -0.1) is 0 Å². The van der Waals surface area contributed by atoms with E-state index in [1.54, 1.807) is 7.11 Å². The van der Waals surface area contributed by atoms with Crippen molar-refractivity contribution in [3.8, 4) is 17.6 Å². The fourth-order valence-corrected chi connectivity index (χ4v) is 1.10. The lowest BCUT2D eigenvalue weighted by molar-refractivity contribution is 0.413. The number of hydrogen-bond acceptors (Lipinski definition) is 1. The Kier molecular flexibility index (Phi) is 4.07. The minimum Gasteiger partial charge on any atom is -0.495 e. The molecular formula is C13H16O. The van der Waals surface area contributed by atoms with E-state index in [0.29, 0.717) is 5.92 Å². The standard InChI is InChI=1S/C13H16O/c1-11(2)7-6-9-12-8-4-5-10-13(12)14-3/h4-5,8,10-11H,7H2,1-3H3. The summed E-state index contributed by atoms with van der Waals surface area (Å²) in [4.78, 5) is 0. The number of para-hydroxylation sites is 1. The lowest BCUT2D eigenvalue weighted by atomic mass is 10.1. The topological polar surface area (TPSA) is 9.23 Å². The van der Waals surface area contributed by atoms with Gasteiger partial charge in [0.15, 0.2) is 0 Å². The van der Waals surface area contributed by atoms with Crippen molar-refractivity contribution in [2.75, 3.05) is 7.11 Å². The van der Waals surface area contributed by atoms with Gasteiger partial charge in [-0.1, -0.05) is 37.8 Å². The predicted molar refractivity (Wildman–Crippen MR) is 59.3 cm³/mol. The van der Waals surface area contributed by atoms with Gasteiger partial charge in [0.2, 0.25) is 0 Å². The highest BCUT2D eigenvalue weighted by atomic mass is 16.5. The summed E-state index contributed by atoms with van der Waals surface area (Å²) in [5, 5.41) is 0. The molecule has 0 unspecified atom stereocenters. The summed E-state index contributed by atoms with van der Waals surface area (Å²) < 4.78 is 5.20. The monoisotopic (exact) mass is 188 g/mol.